The first-order valence-corrected chi connectivity index (χ1v) is 9.21. The molecule has 0 amide bonds. The Kier molecular flexibility index (Phi) is 8.37. The van der Waals surface area contributed by atoms with Crippen LogP contribution in [0.2, 0.25) is 0 Å². The Labute approximate surface area is 153 Å². The van der Waals surface area contributed by atoms with Crippen molar-refractivity contribution in [1.29, 1.82) is 0 Å². The van der Waals surface area contributed by atoms with Crippen LogP contribution >= 0.6 is 0 Å². The largest absolute Gasteiger partial charge is 0.458 e. The first-order valence-electron chi connectivity index (χ1n) is 9.21. The number of allylic oxidation sites excluding steroid dienone is 5. The zero-order valence-electron chi connectivity index (χ0n) is 16.6. The molecule has 0 fully saturated rings. The molecular formula is C22H34O3. The Morgan fingerprint density at radius 3 is 2.56 bits per heavy atom. The summed E-state index contributed by atoms with van der Waals surface area (Å²) < 4.78 is 5.63. The van der Waals surface area contributed by atoms with Crippen LogP contribution in [0.5, 0.6) is 0 Å². The fourth-order valence-corrected chi connectivity index (χ4v) is 2.97. The second-order valence-electron chi connectivity index (χ2n) is 7.69. The molecule has 1 rings (SSSR count). The van der Waals surface area contributed by atoms with Crippen molar-refractivity contribution in [3.8, 4) is 0 Å². The lowest BCUT2D eigenvalue weighted by molar-refractivity contribution is -0.144. The summed E-state index contributed by atoms with van der Waals surface area (Å²) in [6.07, 6.45) is 13.0. The smallest absolute Gasteiger partial charge is 0.303 e. The average Bonchev–Trinajstić information content (AvgIpc) is 2.44. The monoisotopic (exact) mass is 346 g/mol. The molecule has 0 saturated heterocycles. The van der Waals surface area contributed by atoms with E-state index in [1.807, 2.05) is 19.1 Å². The van der Waals surface area contributed by atoms with Gasteiger partial charge in [-0.3, -0.25) is 4.79 Å². The van der Waals surface area contributed by atoms with Crippen molar-refractivity contribution in [2.75, 3.05) is 0 Å². The number of hydrogen-bond donors (Lipinski definition) is 1. The van der Waals surface area contributed by atoms with Crippen LogP contribution in [0.4, 0.5) is 0 Å². The van der Waals surface area contributed by atoms with Gasteiger partial charge in [0.2, 0.25) is 0 Å². The normalized spacial score (nSPS) is 33.9. The highest BCUT2D eigenvalue weighted by Crippen LogP contribution is 2.25. The molecule has 0 aliphatic heterocycles. The standard InChI is InChI=1S/C22H34O3/c1-16(2)20-12-11-17(3)9-7-13-22(6,24)14-8-10-18(4)15-21(20)25-19(5)23/h7,10-13,16,21,24H,8-9,14-15H2,1-6H3/b13-7+,17-11+,18-10+,20-12-/t21-,22?/m0/s1. The van der Waals surface area contributed by atoms with Gasteiger partial charge in [-0.25, -0.2) is 0 Å². The number of esters is 1. The predicted octanol–water partition coefficient (Wildman–Crippen LogP) is 5.27. The maximum atomic E-state index is 11.6. The van der Waals surface area contributed by atoms with Crippen molar-refractivity contribution >= 4 is 5.97 Å². The minimum atomic E-state index is -0.796. The van der Waals surface area contributed by atoms with Gasteiger partial charge >= 0.3 is 5.97 Å². The summed E-state index contributed by atoms with van der Waals surface area (Å²) in [6, 6.07) is 0. The van der Waals surface area contributed by atoms with Crippen LogP contribution in [-0.2, 0) is 9.53 Å². The van der Waals surface area contributed by atoms with Crippen LogP contribution < -0.4 is 0 Å². The maximum absolute atomic E-state index is 11.6. The van der Waals surface area contributed by atoms with Crippen molar-refractivity contribution in [2.45, 2.75) is 78.9 Å². The summed E-state index contributed by atoms with van der Waals surface area (Å²) in [5.41, 5.74) is 2.72. The molecule has 2 atom stereocenters. The number of carbonyl (C=O) groups is 1. The van der Waals surface area contributed by atoms with E-state index < -0.39 is 5.60 Å². The van der Waals surface area contributed by atoms with E-state index in [2.05, 4.69) is 45.9 Å². The molecule has 1 aliphatic carbocycles. The van der Waals surface area contributed by atoms with Crippen LogP contribution in [-0.4, -0.2) is 22.8 Å². The Bertz CT molecular complexity index is 574. The number of hydrogen-bond acceptors (Lipinski definition) is 3. The van der Waals surface area contributed by atoms with Crippen LogP contribution in [0.3, 0.4) is 0 Å². The Morgan fingerprint density at radius 1 is 1.28 bits per heavy atom. The molecule has 1 N–H and O–H groups in total. The minimum Gasteiger partial charge on any atom is -0.458 e. The van der Waals surface area contributed by atoms with Crippen molar-refractivity contribution in [3.63, 3.8) is 0 Å². The number of rotatable bonds is 2. The van der Waals surface area contributed by atoms with Gasteiger partial charge in [-0.05, 0) is 51.5 Å². The second kappa shape index (κ2) is 9.76. The minimum absolute atomic E-state index is 0.239. The van der Waals surface area contributed by atoms with Gasteiger partial charge in [0.05, 0.1) is 5.60 Å². The second-order valence-corrected chi connectivity index (χ2v) is 7.69. The van der Waals surface area contributed by atoms with Crippen LogP contribution in [0.1, 0.15) is 67.2 Å². The van der Waals surface area contributed by atoms with Gasteiger partial charge < -0.3 is 9.84 Å². The molecule has 140 valence electrons. The number of aliphatic hydroxyl groups is 1. The van der Waals surface area contributed by atoms with Gasteiger partial charge in [-0.15, -0.1) is 0 Å². The van der Waals surface area contributed by atoms with E-state index in [-0.39, 0.29) is 12.1 Å². The molecule has 0 bridgehead atoms. The molecule has 0 aromatic rings. The molecule has 1 unspecified atom stereocenters. The Hall–Kier alpha value is -1.61. The molecular weight excluding hydrogens is 312 g/mol. The quantitative estimate of drug-likeness (QED) is 0.547. The van der Waals surface area contributed by atoms with Crippen molar-refractivity contribution < 1.29 is 14.6 Å². The number of ether oxygens (including phenoxy) is 1. The van der Waals surface area contributed by atoms with E-state index in [0.717, 1.165) is 18.4 Å². The number of carbonyl (C=O) groups excluding carboxylic acids is 1. The zero-order chi connectivity index (χ0) is 19.0. The molecule has 25 heavy (non-hydrogen) atoms. The van der Waals surface area contributed by atoms with E-state index in [9.17, 15) is 9.90 Å². The maximum Gasteiger partial charge on any atom is 0.303 e. The van der Waals surface area contributed by atoms with Crippen molar-refractivity contribution in [1.82, 2.24) is 0 Å². The third-order valence-electron chi connectivity index (χ3n) is 4.47. The van der Waals surface area contributed by atoms with E-state index >= 15 is 0 Å². The summed E-state index contributed by atoms with van der Waals surface area (Å²) in [6.45, 7) is 11.7. The molecule has 3 heteroatoms. The van der Waals surface area contributed by atoms with E-state index in [1.54, 1.807) is 0 Å². The first kappa shape index (κ1) is 21.4. The Morgan fingerprint density at radius 2 is 1.96 bits per heavy atom. The molecule has 0 saturated carbocycles. The summed E-state index contributed by atoms with van der Waals surface area (Å²) in [5, 5.41) is 10.4. The highest BCUT2D eigenvalue weighted by atomic mass is 16.5. The lowest BCUT2D eigenvalue weighted by Gasteiger charge is -2.24. The van der Waals surface area contributed by atoms with E-state index in [4.69, 9.17) is 4.74 Å². The van der Waals surface area contributed by atoms with Crippen molar-refractivity contribution in [3.05, 3.63) is 47.1 Å². The van der Waals surface area contributed by atoms with Gasteiger partial charge in [-0.2, -0.15) is 0 Å². The van der Waals surface area contributed by atoms with Crippen LogP contribution in [0.25, 0.3) is 0 Å². The van der Waals surface area contributed by atoms with Gasteiger partial charge in [-0.1, -0.05) is 55.4 Å². The molecule has 3 nitrogen and oxygen atoms in total. The zero-order valence-corrected chi connectivity index (χ0v) is 16.6. The predicted molar refractivity (Wildman–Crippen MR) is 104 cm³/mol. The topological polar surface area (TPSA) is 46.5 Å². The first-order chi connectivity index (χ1) is 11.6. The molecule has 0 spiro atoms. The summed E-state index contributed by atoms with van der Waals surface area (Å²) >= 11 is 0. The SMILES string of the molecule is CC(=O)O[C@H]1C/C(C)=C/CCC(C)(O)/C=C/C/C(C)=C/C=C\1C(C)C. The summed E-state index contributed by atoms with van der Waals surface area (Å²) in [5.74, 6) is 0.0439. The van der Waals surface area contributed by atoms with Gasteiger partial charge in [0.15, 0.2) is 0 Å². The lowest BCUT2D eigenvalue weighted by atomic mass is 9.91. The van der Waals surface area contributed by atoms with Gasteiger partial charge in [0.25, 0.3) is 0 Å². The molecule has 0 radical (unpaired) electrons. The molecule has 0 heterocycles. The van der Waals surface area contributed by atoms with Gasteiger partial charge in [0, 0.05) is 13.3 Å². The summed E-state index contributed by atoms with van der Waals surface area (Å²) in [4.78, 5) is 11.6. The van der Waals surface area contributed by atoms with Crippen LogP contribution in [0, 0.1) is 5.92 Å². The Balaban J connectivity index is 3.24. The third-order valence-corrected chi connectivity index (χ3v) is 4.47. The highest BCUT2D eigenvalue weighted by Gasteiger charge is 2.21. The fourth-order valence-electron chi connectivity index (χ4n) is 2.97. The molecule has 1 aliphatic rings. The summed E-state index contributed by atoms with van der Waals surface area (Å²) in [7, 11) is 0. The molecule has 0 aromatic carbocycles. The third kappa shape index (κ3) is 8.35. The van der Waals surface area contributed by atoms with Crippen molar-refractivity contribution in [2.24, 2.45) is 5.92 Å². The fraction of sp³-hybridized carbons (Fsp3) is 0.591. The van der Waals surface area contributed by atoms with Crippen LogP contribution in [0.15, 0.2) is 47.1 Å². The highest BCUT2D eigenvalue weighted by molar-refractivity contribution is 5.66. The lowest BCUT2D eigenvalue weighted by Crippen LogP contribution is -2.22. The van der Waals surface area contributed by atoms with Gasteiger partial charge in [0.1, 0.15) is 6.10 Å². The van der Waals surface area contributed by atoms with E-state index in [1.165, 1.54) is 18.1 Å². The van der Waals surface area contributed by atoms with E-state index in [0.29, 0.717) is 18.8 Å². The molecule has 0 aromatic heterocycles. The average molecular weight is 347 g/mol.